The van der Waals surface area contributed by atoms with Gasteiger partial charge < -0.3 is 4.98 Å². The van der Waals surface area contributed by atoms with Crippen molar-refractivity contribution in [3.05, 3.63) is 116 Å². The third-order valence-corrected chi connectivity index (χ3v) is 11.8. The summed E-state index contributed by atoms with van der Waals surface area (Å²) in [7, 11) is 0. The normalized spacial score (nSPS) is 29.3. The molecule has 0 amide bonds. The van der Waals surface area contributed by atoms with Crippen molar-refractivity contribution < 1.29 is 0 Å². The average Bonchev–Trinajstić information content (AvgIpc) is 3.76. The summed E-state index contributed by atoms with van der Waals surface area (Å²) in [5.74, 6) is 2.54. The minimum atomic E-state index is 0.0852. The number of hydrogen-bond donors (Lipinski definition) is 1. The van der Waals surface area contributed by atoms with Gasteiger partial charge in [-0.1, -0.05) is 84.1 Å². The molecule has 0 radical (unpaired) electrons. The number of nitrogens with zero attached hydrogens (tertiary/aromatic N) is 2. The minimum Gasteiger partial charge on any atom is -0.307 e. The molecule has 1 aromatic heterocycles. The third-order valence-electron chi connectivity index (χ3n) is 9.18. The predicted octanol–water partition coefficient (Wildman–Crippen LogP) is 7.44. The van der Waals surface area contributed by atoms with Crippen LogP contribution in [-0.2, 0) is 0 Å². The lowest BCUT2D eigenvalue weighted by atomic mass is 9.75. The summed E-state index contributed by atoms with van der Waals surface area (Å²) < 4.78 is 0. The Labute approximate surface area is 230 Å². The van der Waals surface area contributed by atoms with Crippen LogP contribution in [0.5, 0.6) is 0 Å². The van der Waals surface area contributed by atoms with Crippen molar-refractivity contribution >= 4 is 34.5 Å². The number of anilines is 1. The lowest BCUT2D eigenvalue weighted by molar-refractivity contribution is 0.307. The van der Waals surface area contributed by atoms with Crippen molar-refractivity contribution in [1.29, 1.82) is 0 Å². The smallest absolute Gasteiger partial charge is 0.305 e. The van der Waals surface area contributed by atoms with Crippen molar-refractivity contribution in [2.45, 2.75) is 47.9 Å². The van der Waals surface area contributed by atoms with Gasteiger partial charge >= 0.3 is 4.87 Å². The number of benzene rings is 3. The lowest BCUT2D eigenvalue weighted by Crippen LogP contribution is -2.33. The summed E-state index contributed by atoms with van der Waals surface area (Å²) in [6.45, 7) is 0. The molecule has 2 fully saturated rings. The molecule has 2 saturated carbocycles. The summed E-state index contributed by atoms with van der Waals surface area (Å²) >= 11 is 3.39. The molecule has 8 rings (SSSR count). The summed E-state index contributed by atoms with van der Waals surface area (Å²) in [6.07, 6.45) is 4.94. The summed E-state index contributed by atoms with van der Waals surface area (Å²) in [5, 5.41) is 9.12. The maximum atomic E-state index is 12.4. The van der Waals surface area contributed by atoms with Gasteiger partial charge in [-0.25, -0.2) is 0 Å². The molecule has 2 aliphatic heterocycles. The van der Waals surface area contributed by atoms with Crippen molar-refractivity contribution in [3.63, 3.8) is 0 Å². The Morgan fingerprint density at radius 1 is 0.842 bits per heavy atom. The van der Waals surface area contributed by atoms with Gasteiger partial charge in [0.2, 0.25) is 0 Å². The number of hydrazone groups is 1. The second kappa shape index (κ2) is 8.99. The molecule has 6 heteroatoms. The molecule has 2 bridgehead atoms. The first-order chi connectivity index (χ1) is 18.7. The van der Waals surface area contributed by atoms with E-state index in [1.165, 1.54) is 52.2 Å². The van der Waals surface area contributed by atoms with Crippen molar-refractivity contribution in [2.75, 3.05) is 5.01 Å². The second-order valence-corrected chi connectivity index (χ2v) is 13.4. The van der Waals surface area contributed by atoms with E-state index in [1.54, 1.807) is 0 Å². The number of hydrogen-bond acceptors (Lipinski definition) is 5. The predicted molar refractivity (Wildman–Crippen MR) is 156 cm³/mol. The third kappa shape index (κ3) is 3.64. The summed E-state index contributed by atoms with van der Waals surface area (Å²) in [5.41, 5.74) is 6.05. The Morgan fingerprint density at radius 2 is 1.58 bits per heavy atom. The van der Waals surface area contributed by atoms with Crippen LogP contribution in [0.4, 0.5) is 5.69 Å². The number of thioether (sulfide) groups is 1. The second-order valence-electron chi connectivity index (χ2n) is 11.2. The number of aromatic amines is 1. The Hall–Kier alpha value is -3.09. The molecule has 0 spiro atoms. The number of nitrogens with one attached hydrogen (secondary N) is 1. The molecule has 38 heavy (non-hydrogen) atoms. The fourth-order valence-electron chi connectivity index (χ4n) is 7.55. The Morgan fingerprint density at radius 3 is 2.37 bits per heavy atom. The van der Waals surface area contributed by atoms with E-state index in [9.17, 15) is 4.79 Å². The summed E-state index contributed by atoms with van der Waals surface area (Å²) in [4.78, 5) is 16.9. The number of fused-ring (bicyclic) bond motifs is 6. The molecule has 0 saturated heterocycles. The molecule has 2 aliphatic carbocycles. The van der Waals surface area contributed by atoms with Gasteiger partial charge in [-0.05, 0) is 65.8 Å². The first-order valence-corrected chi connectivity index (χ1v) is 15.4. The maximum absolute atomic E-state index is 12.4. The highest BCUT2D eigenvalue weighted by Gasteiger charge is 2.54. The van der Waals surface area contributed by atoms with Crippen LogP contribution in [0.15, 0.2) is 99.9 Å². The van der Waals surface area contributed by atoms with Crippen molar-refractivity contribution in [3.8, 4) is 0 Å². The first kappa shape index (κ1) is 22.9. The molecule has 3 heterocycles. The van der Waals surface area contributed by atoms with Crippen LogP contribution in [0, 0.1) is 17.8 Å². The number of aromatic nitrogens is 1. The number of H-pyrrole nitrogens is 1. The highest BCUT2D eigenvalue weighted by molar-refractivity contribution is 8.00. The van der Waals surface area contributed by atoms with Crippen molar-refractivity contribution in [2.24, 2.45) is 22.9 Å². The van der Waals surface area contributed by atoms with Crippen LogP contribution >= 0.6 is 23.1 Å². The molecular formula is C32H29N3OS2. The number of thiazole rings is 1. The molecule has 1 N–H and O–H groups in total. The Kier molecular flexibility index (Phi) is 5.41. The highest BCUT2D eigenvalue weighted by Crippen LogP contribution is 2.63. The van der Waals surface area contributed by atoms with Gasteiger partial charge in [-0.15, -0.1) is 11.8 Å². The van der Waals surface area contributed by atoms with Crippen LogP contribution in [-0.4, -0.2) is 15.9 Å². The van der Waals surface area contributed by atoms with Crippen LogP contribution < -0.4 is 9.88 Å². The minimum absolute atomic E-state index is 0.0852. The van der Waals surface area contributed by atoms with E-state index in [2.05, 4.69) is 94.9 Å². The van der Waals surface area contributed by atoms with Gasteiger partial charge in [0.1, 0.15) is 0 Å². The molecule has 6 atom stereocenters. The topological polar surface area (TPSA) is 48.5 Å². The fraction of sp³-hybridized carbons (Fsp3) is 0.312. The van der Waals surface area contributed by atoms with Gasteiger partial charge in [0.15, 0.2) is 0 Å². The Bertz CT molecular complexity index is 1560. The van der Waals surface area contributed by atoms with Gasteiger partial charge in [0.25, 0.3) is 0 Å². The lowest BCUT2D eigenvalue weighted by Gasteiger charge is -2.40. The largest absolute Gasteiger partial charge is 0.307 e. The molecular weight excluding hydrogens is 507 g/mol. The van der Waals surface area contributed by atoms with E-state index in [4.69, 9.17) is 5.10 Å². The fourth-order valence-corrected chi connectivity index (χ4v) is 10.4. The molecule has 4 aliphatic rings. The zero-order valence-electron chi connectivity index (χ0n) is 21.0. The molecule has 3 aromatic carbocycles. The molecule has 4 aromatic rings. The SMILES string of the molecule is O=c1[nH]c2c(s1)[C@@H](c1ccc(N3N=C(c4ccccc4)C[C@H]3c3ccccc3)cc1)[C@H]1[C@@H]3CC[C@H](C3)[C@@H]1S2. The zero-order valence-corrected chi connectivity index (χ0v) is 22.6. The molecule has 4 nitrogen and oxygen atoms in total. The van der Waals surface area contributed by atoms with Crippen LogP contribution in [0.25, 0.3) is 0 Å². The molecule has 190 valence electrons. The molecule has 0 unspecified atom stereocenters. The summed E-state index contributed by atoms with van der Waals surface area (Å²) in [6, 6.07) is 30.5. The highest BCUT2D eigenvalue weighted by atomic mass is 32.2. The van der Waals surface area contributed by atoms with Gasteiger partial charge in [0, 0.05) is 22.5 Å². The van der Waals surface area contributed by atoms with Crippen LogP contribution in [0.3, 0.4) is 0 Å². The number of rotatable bonds is 4. The van der Waals surface area contributed by atoms with Gasteiger partial charge in [-0.3, -0.25) is 9.80 Å². The van der Waals surface area contributed by atoms with E-state index in [1.807, 2.05) is 11.8 Å². The van der Waals surface area contributed by atoms with Crippen molar-refractivity contribution in [1.82, 2.24) is 4.98 Å². The van der Waals surface area contributed by atoms with E-state index >= 15 is 0 Å². The van der Waals surface area contributed by atoms with E-state index in [0.717, 1.165) is 34.7 Å². The Balaban J connectivity index is 1.17. The zero-order chi connectivity index (χ0) is 25.2. The van der Waals surface area contributed by atoms with E-state index in [0.29, 0.717) is 17.1 Å². The van der Waals surface area contributed by atoms with Gasteiger partial charge in [0.05, 0.1) is 22.5 Å². The van der Waals surface area contributed by atoms with Gasteiger partial charge in [-0.2, -0.15) is 5.10 Å². The maximum Gasteiger partial charge on any atom is 0.305 e. The van der Waals surface area contributed by atoms with Crippen LogP contribution in [0.1, 0.15) is 59.2 Å². The van der Waals surface area contributed by atoms with E-state index in [-0.39, 0.29) is 10.9 Å². The van der Waals surface area contributed by atoms with E-state index < -0.39 is 0 Å². The van der Waals surface area contributed by atoms with Crippen LogP contribution in [0.2, 0.25) is 0 Å². The standard InChI is InChI=1S/C32H29N3OS2/c36-32-33-31-30(38-32)27(28-22-11-12-23(17-22)29(28)37-31)21-13-15-24(16-14-21)35-26(20-9-5-2-6-10-20)18-25(34-35)19-7-3-1-4-8-19/h1-10,13-16,22-23,26-29H,11-12,17-18H2,(H,33,36)/t22-,23-,26+,27+,28-,29+/m1/s1. The first-order valence-electron chi connectivity index (χ1n) is 13.7. The quantitative estimate of drug-likeness (QED) is 0.295. The average molecular weight is 536 g/mol. The monoisotopic (exact) mass is 535 g/mol.